The molecule has 1 amide bonds. The molecule has 0 aliphatic carbocycles. The number of piperidine rings is 1. The van der Waals surface area contributed by atoms with Gasteiger partial charge in [0.1, 0.15) is 16.4 Å². The number of ether oxygens (including phenoxy) is 2. The van der Waals surface area contributed by atoms with E-state index in [4.69, 9.17) is 9.47 Å². The minimum atomic E-state index is -3.77. The minimum Gasteiger partial charge on any atom is -0.497 e. The first kappa shape index (κ1) is 22.1. The van der Waals surface area contributed by atoms with E-state index in [1.807, 2.05) is 25.1 Å². The third-order valence-corrected chi connectivity index (χ3v) is 7.35. The van der Waals surface area contributed by atoms with E-state index in [2.05, 4.69) is 0 Å². The minimum absolute atomic E-state index is 0.101. The van der Waals surface area contributed by atoms with Gasteiger partial charge in [0.2, 0.25) is 15.9 Å². The molecule has 0 spiro atoms. The number of nitrogens with zero attached hydrogens (tertiary/aromatic N) is 2. The molecule has 0 aromatic heterocycles. The number of sulfonamides is 1. The van der Waals surface area contributed by atoms with Crippen molar-refractivity contribution in [3.8, 4) is 11.5 Å². The molecular formula is C22H28N2O5S. The number of hydrogen-bond donors (Lipinski definition) is 0. The van der Waals surface area contributed by atoms with Gasteiger partial charge in [0, 0.05) is 25.8 Å². The van der Waals surface area contributed by atoms with Crippen LogP contribution in [0.1, 0.15) is 18.4 Å². The van der Waals surface area contributed by atoms with Gasteiger partial charge in [-0.1, -0.05) is 6.07 Å². The lowest BCUT2D eigenvalue weighted by atomic mass is 9.98. The van der Waals surface area contributed by atoms with Crippen molar-refractivity contribution in [2.75, 3.05) is 39.3 Å². The van der Waals surface area contributed by atoms with Crippen LogP contribution < -0.4 is 14.4 Å². The molecule has 2 aromatic carbocycles. The van der Waals surface area contributed by atoms with Crippen LogP contribution in [-0.2, 0) is 14.8 Å². The van der Waals surface area contributed by atoms with Gasteiger partial charge in [-0.05, 0) is 61.7 Å². The van der Waals surface area contributed by atoms with Crippen molar-refractivity contribution in [2.24, 2.45) is 5.92 Å². The topological polar surface area (TPSA) is 76.2 Å². The zero-order valence-corrected chi connectivity index (χ0v) is 18.6. The zero-order chi connectivity index (χ0) is 21.9. The predicted octanol–water partition coefficient (Wildman–Crippen LogP) is 3.08. The lowest BCUT2D eigenvalue weighted by Crippen LogP contribution is -2.46. The largest absolute Gasteiger partial charge is 0.497 e. The molecule has 7 nitrogen and oxygen atoms in total. The van der Waals surface area contributed by atoms with Crippen molar-refractivity contribution < 1.29 is 22.7 Å². The maximum absolute atomic E-state index is 13.3. The molecule has 1 saturated heterocycles. The van der Waals surface area contributed by atoms with Crippen LogP contribution in [0, 0.1) is 12.8 Å². The fraction of sp³-hybridized carbons (Fsp3) is 0.409. The standard InChI is InChI=1S/C22H28N2O5S/c1-16-7-12-20(29-4)21(14-16)30(26,27)24-13-5-6-17(15-24)22(25)23(2)18-8-10-19(28-3)11-9-18/h7-12,14,17H,5-6,13,15H2,1-4H3/t17-/m0/s1. The van der Waals surface area contributed by atoms with Crippen LogP contribution >= 0.6 is 0 Å². The molecule has 0 bridgehead atoms. The molecule has 2 aromatic rings. The van der Waals surface area contributed by atoms with E-state index in [-0.39, 0.29) is 17.3 Å². The molecule has 1 aliphatic heterocycles. The number of hydrogen-bond acceptors (Lipinski definition) is 5. The van der Waals surface area contributed by atoms with Gasteiger partial charge in [0.15, 0.2) is 0 Å². The molecule has 0 N–H and O–H groups in total. The van der Waals surface area contributed by atoms with Gasteiger partial charge < -0.3 is 14.4 Å². The normalized spacial score (nSPS) is 17.4. The lowest BCUT2D eigenvalue weighted by Gasteiger charge is -2.33. The van der Waals surface area contributed by atoms with Gasteiger partial charge in [-0.2, -0.15) is 4.31 Å². The highest BCUT2D eigenvalue weighted by molar-refractivity contribution is 7.89. The molecule has 1 atom stereocenters. The van der Waals surface area contributed by atoms with Crippen LogP contribution in [0.2, 0.25) is 0 Å². The van der Waals surface area contributed by atoms with E-state index in [1.165, 1.54) is 11.4 Å². The Morgan fingerprint density at radius 2 is 1.80 bits per heavy atom. The van der Waals surface area contributed by atoms with Crippen LogP contribution in [0.5, 0.6) is 11.5 Å². The Morgan fingerprint density at radius 1 is 1.10 bits per heavy atom. The fourth-order valence-corrected chi connectivity index (χ4v) is 5.46. The predicted molar refractivity (Wildman–Crippen MR) is 116 cm³/mol. The first-order valence-electron chi connectivity index (χ1n) is 9.84. The van der Waals surface area contributed by atoms with Crippen LogP contribution in [0.4, 0.5) is 5.69 Å². The highest BCUT2D eigenvalue weighted by Crippen LogP contribution is 2.31. The smallest absolute Gasteiger partial charge is 0.246 e. The number of benzene rings is 2. The molecule has 3 rings (SSSR count). The molecule has 0 radical (unpaired) electrons. The number of rotatable bonds is 6. The maximum atomic E-state index is 13.3. The highest BCUT2D eigenvalue weighted by atomic mass is 32.2. The summed E-state index contributed by atoms with van der Waals surface area (Å²) in [4.78, 5) is 14.8. The molecule has 1 fully saturated rings. The Hall–Kier alpha value is -2.58. The van der Waals surface area contributed by atoms with Crippen LogP contribution in [0.3, 0.4) is 0 Å². The average molecular weight is 433 g/mol. The molecule has 0 unspecified atom stereocenters. The first-order valence-corrected chi connectivity index (χ1v) is 11.3. The second kappa shape index (κ2) is 9.06. The highest BCUT2D eigenvalue weighted by Gasteiger charge is 2.36. The molecule has 0 saturated carbocycles. The van der Waals surface area contributed by atoms with Crippen molar-refractivity contribution in [3.05, 3.63) is 48.0 Å². The Bertz CT molecular complexity index is 1000. The maximum Gasteiger partial charge on any atom is 0.246 e. The first-order chi connectivity index (χ1) is 14.3. The molecule has 30 heavy (non-hydrogen) atoms. The number of carbonyl (C=O) groups excluding carboxylic acids is 1. The number of methoxy groups -OCH3 is 2. The van der Waals surface area contributed by atoms with Crippen molar-refractivity contribution >= 4 is 21.6 Å². The van der Waals surface area contributed by atoms with Gasteiger partial charge in [0.05, 0.1) is 20.1 Å². The SMILES string of the molecule is COc1ccc(N(C)C(=O)[C@H]2CCCN(S(=O)(=O)c3cc(C)ccc3OC)C2)cc1. The summed E-state index contributed by atoms with van der Waals surface area (Å²) < 4.78 is 38.4. The van der Waals surface area contributed by atoms with E-state index in [1.54, 1.807) is 43.3 Å². The Kier molecular flexibility index (Phi) is 6.67. The molecule has 162 valence electrons. The van der Waals surface area contributed by atoms with Gasteiger partial charge >= 0.3 is 0 Å². The number of carbonyl (C=O) groups is 1. The van der Waals surface area contributed by atoms with Gasteiger partial charge in [0.25, 0.3) is 0 Å². The number of amides is 1. The third kappa shape index (κ3) is 4.44. The molecule has 1 heterocycles. The summed E-state index contributed by atoms with van der Waals surface area (Å²) in [6.45, 7) is 2.37. The second-order valence-corrected chi connectivity index (χ2v) is 9.36. The second-order valence-electron chi connectivity index (χ2n) is 7.45. The lowest BCUT2D eigenvalue weighted by molar-refractivity contribution is -0.123. The van der Waals surface area contributed by atoms with E-state index in [0.717, 1.165) is 11.3 Å². The Morgan fingerprint density at radius 3 is 2.43 bits per heavy atom. The number of anilines is 1. The van der Waals surface area contributed by atoms with Crippen molar-refractivity contribution in [1.29, 1.82) is 0 Å². The van der Waals surface area contributed by atoms with Crippen molar-refractivity contribution in [3.63, 3.8) is 0 Å². The Balaban J connectivity index is 1.80. The monoisotopic (exact) mass is 432 g/mol. The Labute approximate surface area is 178 Å². The van der Waals surface area contributed by atoms with E-state index >= 15 is 0 Å². The summed E-state index contributed by atoms with van der Waals surface area (Å²) in [5.41, 5.74) is 1.57. The van der Waals surface area contributed by atoms with Gasteiger partial charge in [-0.25, -0.2) is 8.42 Å². The van der Waals surface area contributed by atoms with Crippen LogP contribution in [0.15, 0.2) is 47.4 Å². The van der Waals surface area contributed by atoms with E-state index in [9.17, 15) is 13.2 Å². The summed E-state index contributed by atoms with van der Waals surface area (Å²) in [5, 5.41) is 0. The number of aryl methyl sites for hydroxylation is 1. The molecular weight excluding hydrogens is 404 g/mol. The van der Waals surface area contributed by atoms with E-state index in [0.29, 0.717) is 30.9 Å². The summed E-state index contributed by atoms with van der Waals surface area (Å²) in [6, 6.07) is 12.3. The van der Waals surface area contributed by atoms with E-state index < -0.39 is 15.9 Å². The van der Waals surface area contributed by atoms with Crippen molar-refractivity contribution in [1.82, 2.24) is 4.31 Å². The van der Waals surface area contributed by atoms with Gasteiger partial charge in [-0.3, -0.25) is 4.79 Å². The summed E-state index contributed by atoms with van der Waals surface area (Å²) in [5.74, 6) is 0.513. The molecule has 8 heteroatoms. The zero-order valence-electron chi connectivity index (χ0n) is 17.8. The fourth-order valence-electron chi connectivity index (χ4n) is 3.69. The quantitative estimate of drug-likeness (QED) is 0.701. The van der Waals surface area contributed by atoms with Crippen molar-refractivity contribution in [2.45, 2.75) is 24.7 Å². The summed E-state index contributed by atoms with van der Waals surface area (Å²) in [7, 11) is 0.979. The summed E-state index contributed by atoms with van der Waals surface area (Å²) in [6.07, 6.45) is 1.27. The van der Waals surface area contributed by atoms with Gasteiger partial charge in [-0.15, -0.1) is 0 Å². The molecule has 1 aliphatic rings. The van der Waals surface area contributed by atoms with Crippen LogP contribution in [-0.4, -0.2) is 53.0 Å². The average Bonchev–Trinajstić information content (AvgIpc) is 2.78. The third-order valence-electron chi connectivity index (χ3n) is 5.46. The van der Waals surface area contributed by atoms with Crippen LogP contribution in [0.25, 0.3) is 0 Å². The summed E-state index contributed by atoms with van der Waals surface area (Å²) >= 11 is 0.